The Morgan fingerprint density at radius 1 is 1.08 bits per heavy atom. The molecule has 1 aliphatic heterocycles. The van der Waals surface area contributed by atoms with Gasteiger partial charge in [0.15, 0.2) is 0 Å². The van der Waals surface area contributed by atoms with Gasteiger partial charge in [-0.3, -0.25) is 0 Å². The van der Waals surface area contributed by atoms with Gasteiger partial charge >= 0.3 is 6.03 Å². The van der Waals surface area contributed by atoms with Crippen LogP contribution in [0.4, 0.5) is 14.9 Å². The van der Waals surface area contributed by atoms with Crippen molar-refractivity contribution in [2.75, 3.05) is 12.4 Å². The van der Waals surface area contributed by atoms with Crippen LogP contribution in [-0.2, 0) is 19.4 Å². The van der Waals surface area contributed by atoms with Gasteiger partial charge in [-0.15, -0.1) is 11.3 Å². The molecule has 2 amide bonds. The molecule has 0 unspecified atom stereocenters. The van der Waals surface area contributed by atoms with Crippen LogP contribution in [0.5, 0.6) is 5.75 Å². The summed E-state index contributed by atoms with van der Waals surface area (Å²) in [7, 11) is 1.65. The number of benzene rings is 2. The number of carbonyl (C=O) groups excluding carboxylic acids is 1. The van der Waals surface area contributed by atoms with Crippen molar-refractivity contribution in [2.24, 2.45) is 0 Å². The van der Waals surface area contributed by atoms with Gasteiger partial charge in [0.25, 0.3) is 0 Å². The number of aryl methyl sites for hydroxylation is 2. The molecule has 1 N–H and O–H groups in total. The summed E-state index contributed by atoms with van der Waals surface area (Å²) in [5, 5.41) is 4.18. The molecule has 0 fully saturated rings. The number of methoxy groups -OCH3 is 1. The molecule has 5 nitrogen and oxygen atoms in total. The number of amides is 2. The van der Waals surface area contributed by atoms with E-state index in [4.69, 9.17) is 4.74 Å². The molecule has 1 aliphatic carbocycles. The molecule has 36 heavy (non-hydrogen) atoms. The van der Waals surface area contributed by atoms with Crippen LogP contribution in [0.15, 0.2) is 60.8 Å². The van der Waals surface area contributed by atoms with Crippen LogP contribution in [-0.4, -0.2) is 22.6 Å². The topological polar surface area (TPSA) is 46.5 Å². The number of nitrogens with zero attached hydrogens (tertiary/aromatic N) is 2. The molecule has 184 valence electrons. The van der Waals surface area contributed by atoms with Crippen molar-refractivity contribution in [2.45, 2.75) is 45.2 Å². The Balaban J connectivity index is 1.48. The number of ether oxygens (including phenoxy) is 1. The number of carbonyl (C=O) groups is 1. The minimum Gasteiger partial charge on any atom is -0.497 e. The van der Waals surface area contributed by atoms with Crippen LogP contribution in [0.3, 0.4) is 0 Å². The summed E-state index contributed by atoms with van der Waals surface area (Å²) in [6, 6.07) is 16.3. The Bertz CT molecular complexity index is 1440. The quantitative estimate of drug-likeness (QED) is 0.328. The van der Waals surface area contributed by atoms with Crippen LogP contribution in [0.25, 0.3) is 5.00 Å². The lowest BCUT2D eigenvalue weighted by atomic mass is 9.95. The largest absolute Gasteiger partial charge is 0.497 e. The van der Waals surface area contributed by atoms with Crippen LogP contribution >= 0.6 is 11.3 Å². The third-order valence-electron chi connectivity index (χ3n) is 7.29. The fourth-order valence-corrected chi connectivity index (χ4v) is 6.79. The molecule has 0 radical (unpaired) electrons. The van der Waals surface area contributed by atoms with Gasteiger partial charge in [0, 0.05) is 22.3 Å². The monoisotopic (exact) mass is 501 g/mol. The van der Waals surface area contributed by atoms with E-state index in [1.165, 1.54) is 39.9 Å². The molecule has 2 aromatic carbocycles. The third kappa shape index (κ3) is 3.88. The smallest absolute Gasteiger partial charge is 0.322 e. The van der Waals surface area contributed by atoms with Crippen molar-refractivity contribution in [3.05, 3.63) is 99.4 Å². The summed E-state index contributed by atoms with van der Waals surface area (Å²) in [6.45, 7) is 2.20. The third-order valence-corrected chi connectivity index (χ3v) is 8.63. The lowest BCUT2D eigenvalue weighted by molar-refractivity contribution is 0.194. The van der Waals surface area contributed by atoms with Crippen molar-refractivity contribution in [1.82, 2.24) is 9.47 Å². The number of fused-ring (bicyclic) bond motifs is 5. The molecular formula is C29H28FN3O2S. The molecule has 1 atom stereocenters. The van der Waals surface area contributed by atoms with Crippen LogP contribution in [0.1, 0.15) is 51.7 Å². The average Bonchev–Trinajstić information content (AvgIpc) is 3.48. The molecule has 0 bridgehead atoms. The van der Waals surface area contributed by atoms with Gasteiger partial charge in [-0.2, -0.15) is 0 Å². The molecule has 2 aliphatic rings. The summed E-state index contributed by atoms with van der Waals surface area (Å²) in [4.78, 5) is 17.2. The normalized spacial score (nSPS) is 16.5. The fourth-order valence-electron chi connectivity index (χ4n) is 5.39. The van der Waals surface area contributed by atoms with E-state index < -0.39 is 0 Å². The van der Waals surface area contributed by atoms with E-state index in [9.17, 15) is 9.18 Å². The molecule has 6 rings (SSSR count). The van der Waals surface area contributed by atoms with Gasteiger partial charge in [-0.1, -0.05) is 18.2 Å². The van der Waals surface area contributed by atoms with Crippen LogP contribution in [0.2, 0.25) is 0 Å². The number of anilines is 1. The van der Waals surface area contributed by atoms with E-state index in [1.54, 1.807) is 26.2 Å². The van der Waals surface area contributed by atoms with Gasteiger partial charge < -0.3 is 19.5 Å². The molecule has 3 heterocycles. The number of halogens is 1. The number of nitrogens with one attached hydrogen (secondary N) is 1. The number of thiophene rings is 1. The van der Waals surface area contributed by atoms with Crippen molar-refractivity contribution in [1.29, 1.82) is 0 Å². The number of rotatable bonds is 3. The summed E-state index contributed by atoms with van der Waals surface area (Å²) in [5.74, 6) is 0.431. The van der Waals surface area contributed by atoms with E-state index in [0.717, 1.165) is 29.8 Å². The first kappa shape index (κ1) is 22.9. The van der Waals surface area contributed by atoms with Gasteiger partial charge in [0.05, 0.1) is 25.4 Å². The van der Waals surface area contributed by atoms with E-state index >= 15 is 0 Å². The zero-order valence-electron chi connectivity index (χ0n) is 20.4. The maximum Gasteiger partial charge on any atom is 0.322 e. The number of hydrogen-bond donors (Lipinski definition) is 1. The lowest BCUT2D eigenvalue weighted by Gasteiger charge is -2.31. The molecule has 0 spiro atoms. The van der Waals surface area contributed by atoms with Crippen molar-refractivity contribution < 1.29 is 13.9 Å². The fraction of sp³-hybridized carbons (Fsp3) is 0.276. The van der Waals surface area contributed by atoms with E-state index in [0.29, 0.717) is 17.8 Å². The standard InChI is InChI=1S/C29H28FN3O2S/c1-18-9-12-20(16-24(18)30)31-29(34)33-17-23-22-6-3-4-8-26(22)36-28(23)32-15-5-7-25(32)27(33)19-10-13-21(35-2)14-11-19/h5,7,9-16,27H,3-4,6,8,17H2,1-2H3,(H,31,34)/t27-/m0/s1. The Kier molecular flexibility index (Phi) is 5.80. The second kappa shape index (κ2) is 9.13. The molecule has 0 saturated heterocycles. The first-order chi connectivity index (χ1) is 17.5. The summed E-state index contributed by atoms with van der Waals surface area (Å²) in [5.41, 5.74) is 5.65. The summed E-state index contributed by atoms with van der Waals surface area (Å²) < 4.78 is 21.9. The first-order valence-corrected chi connectivity index (χ1v) is 13.1. The van der Waals surface area contributed by atoms with Crippen molar-refractivity contribution >= 4 is 23.1 Å². The van der Waals surface area contributed by atoms with Crippen LogP contribution in [0, 0.1) is 12.7 Å². The predicted octanol–water partition coefficient (Wildman–Crippen LogP) is 7.01. The molecular weight excluding hydrogens is 473 g/mol. The lowest BCUT2D eigenvalue weighted by Crippen LogP contribution is -2.38. The number of hydrogen-bond acceptors (Lipinski definition) is 3. The predicted molar refractivity (Wildman–Crippen MR) is 141 cm³/mol. The van der Waals surface area contributed by atoms with Gasteiger partial charge in [0.1, 0.15) is 16.6 Å². The minimum absolute atomic E-state index is 0.254. The Morgan fingerprint density at radius 3 is 2.67 bits per heavy atom. The van der Waals surface area contributed by atoms with Gasteiger partial charge in [-0.25, -0.2) is 9.18 Å². The number of urea groups is 1. The summed E-state index contributed by atoms with van der Waals surface area (Å²) >= 11 is 1.86. The zero-order chi connectivity index (χ0) is 24.8. The van der Waals surface area contributed by atoms with Crippen molar-refractivity contribution in [3.8, 4) is 10.8 Å². The van der Waals surface area contributed by atoms with Gasteiger partial charge in [-0.05, 0) is 85.7 Å². The second-order valence-corrected chi connectivity index (χ2v) is 10.6. The highest BCUT2D eigenvalue weighted by molar-refractivity contribution is 7.15. The van der Waals surface area contributed by atoms with E-state index in [-0.39, 0.29) is 17.9 Å². The van der Waals surface area contributed by atoms with Crippen molar-refractivity contribution in [3.63, 3.8) is 0 Å². The maximum atomic E-state index is 14.3. The van der Waals surface area contributed by atoms with E-state index in [1.807, 2.05) is 46.6 Å². The second-order valence-electron chi connectivity index (χ2n) is 9.50. The summed E-state index contributed by atoms with van der Waals surface area (Å²) in [6.07, 6.45) is 6.63. The average molecular weight is 502 g/mol. The SMILES string of the molecule is COc1ccc([C@H]2c3cccn3-c3sc4c(c3CN2C(=O)Nc2ccc(C)c(F)c2)CCCC4)cc1. The highest BCUT2D eigenvalue weighted by Gasteiger charge is 2.36. The highest BCUT2D eigenvalue weighted by Crippen LogP contribution is 2.44. The zero-order valence-corrected chi connectivity index (χ0v) is 21.2. The Hall–Kier alpha value is -3.58. The maximum absolute atomic E-state index is 14.3. The first-order valence-electron chi connectivity index (χ1n) is 12.3. The Labute approximate surface area is 214 Å². The minimum atomic E-state index is -0.335. The highest BCUT2D eigenvalue weighted by atomic mass is 32.1. The molecule has 2 aromatic heterocycles. The Morgan fingerprint density at radius 2 is 1.89 bits per heavy atom. The van der Waals surface area contributed by atoms with Gasteiger partial charge in [0.2, 0.25) is 0 Å². The number of aromatic nitrogens is 1. The molecule has 7 heteroatoms. The molecule has 4 aromatic rings. The molecule has 0 saturated carbocycles. The van der Waals surface area contributed by atoms with E-state index in [2.05, 4.69) is 22.1 Å². The van der Waals surface area contributed by atoms with Crippen LogP contribution < -0.4 is 10.1 Å².